The van der Waals surface area contributed by atoms with E-state index in [1.54, 1.807) is 20.8 Å². The molecule has 0 aliphatic rings. The van der Waals surface area contributed by atoms with Gasteiger partial charge in [0.05, 0.1) is 43.8 Å². The number of rotatable bonds is 48. The van der Waals surface area contributed by atoms with Crippen molar-refractivity contribution in [2.75, 3.05) is 58.9 Å². The fourth-order valence-corrected chi connectivity index (χ4v) is 13.1. The Morgan fingerprint density at radius 2 is 0.677 bits per heavy atom. The number of Topliss-reactive ketones (excluding diaryl/α,β-unsaturated/α-hetero) is 6. The summed E-state index contributed by atoms with van der Waals surface area (Å²) in [4.78, 5) is 192. The highest BCUT2D eigenvalue weighted by Crippen LogP contribution is 2.33. The number of ether oxygens (including phenoxy) is 1. The van der Waals surface area contributed by atoms with Crippen LogP contribution < -0.4 is 81.0 Å². The molecule has 0 aromatic rings. The molecule has 133 heavy (non-hydrogen) atoms. The standard InChI is InChI=1S/C22H42N2O3.C21H41N3O3.C20H39N3O3.C17H33N5O5.C17H32N2O3.C4H10/c1-15(2)13-18(24-22(7,8)9)19(26)14-17(20(27)21(4,5)6)11-10-12-23-16(3)25;1-14(2)12-15(13-20(3,4)5)18(26)24-16(17(25)21(6,7)8)10-9-11-23-19(22)27;1-13(2)14(12-19(3,4)5)17(25)23-15(16(24)20(6,7)8)10-9-11-22-18(21)26;1-16(2,3)22-11-14(25)21-10-13(24)20-9-12(23)18-7-8-19-15(26)27-17(4,5)6;1-11(2)15(18)14(21)10-13(16(22)17(4,5)6)8-7-9-19-12(3)20;1-4(2)3/h15,17-18,24H,10-14H2,1-9H3,(H,23,25);14-16H,9-13H2,1-8H3,(H,24,26)(H3,22,23,27);13-15H,9-12H2,1-8H3,(H,23,25)(H3,21,22,26);22H,7-11H2,1-6H3,(H,18,23)(H,19,26)(H,20,24)(H,21,25);11,13,15H,7-10,18H2,1-6H3,(H,19,20);4H,1-3H3. The second-order valence-corrected chi connectivity index (χ2v) is 47.2. The zero-order valence-corrected chi connectivity index (χ0v) is 90.9. The summed E-state index contributed by atoms with van der Waals surface area (Å²) < 4.78 is 5.05. The summed E-state index contributed by atoms with van der Waals surface area (Å²) in [6.07, 6.45) is 7.65. The third-order valence-electron chi connectivity index (χ3n) is 19.5. The van der Waals surface area contributed by atoms with Gasteiger partial charge in [-0.2, -0.15) is 0 Å². The summed E-state index contributed by atoms with van der Waals surface area (Å²) in [5.41, 5.74) is 13.1. The smallest absolute Gasteiger partial charge is 0.407 e. The number of carbonyl (C=O) groups is 16. The Hall–Kier alpha value is -8.00. The van der Waals surface area contributed by atoms with Crippen molar-refractivity contribution in [1.29, 1.82) is 0 Å². The van der Waals surface area contributed by atoms with Crippen LogP contribution in [0.1, 0.15) is 367 Å². The van der Waals surface area contributed by atoms with Crippen LogP contribution in [0.3, 0.4) is 0 Å². The number of primary amides is 2. The predicted molar refractivity (Wildman–Crippen MR) is 537 cm³/mol. The zero-order chi connectivity index (χ0) is 106. The molecule has 0 saturated heterocycles. The van der Waals surface area contributed by atoms with Gasteiger partial charge in [-0.05, 0) is 180 Å². The maximum atomic E-state index is 13.1. The van der Waals surface area contributed by atoms with Gasteiger partial charge in [-0.1, -0.05) is 201 Å². The molecule has 32 nitrogen and oxygen atoms in total. The van der Waals surface area contributed by atoms with Crippen molar-refractivity contribution < 1.29 is 81.4 Å². The predicted octanol–water partition coefficient (Wildman–Crippen LogP) is 13.8. The Balaban J connectivity index is -0.000000375. The minimum atomic E-state index is -0.587. The maximum Gasteiger partial charge on any atom is 0.407 e. The summed E-state index contributed by atoms with van der Waals surface area (Å²) in [5.74, 6) is -0.205. The van der Waals surface area contributed by atoms with Crippen molar-refractivity contribution in [3.05, 3.63) is 0 Å². The molecule has 0 rings (SSSR count). The van der Waals surface area contributed by atoms with Crippen LogP contribution in [-0.2, 0) is 67.1 Å². The van der Waals surface area contributed by atoms with Gasteiger partial charge in [0.25, 0.3) is 0 Å². The number of urea groups is 2. The Labute approximate surface area is 805 Å². The van der Waals surface area contributed by atoms with Gasteiger partial charge in [0.15, 0.2) is 17.3 Å². The van der Waals surface area contributed by atoms with Crippen LogP contribution in [0.4, 0.5) is 14.4 Å². The van der Waals surface area contributed by atoms with Gasteiger partial charge in [-0.25, -0.2) is 14.4 Å². The van der Waals surface area contributed by atoms with E-state index in [1.165, 1.54) is 13.8 Å². The molecule has 778 valence electrons. The molecular weight excluding hydrogens is 1700 g/mol. The lowest BCUT2D eigenvalue weighted by atomic mass is 9.78. The molecule has 0 aliphatic carbocycles. The summed E-state index contributed by atoms with van der Waals surface area (Å²) in [7, 11) is 0. The molecule has 0 saturated carbocycles. The molecule has 0 aliphatic heterocycles. The second kappa shape index (κ2) is 65.7. The third kappa shape index (κ3) is 80.9. The molecule has 18 N–H and O–H groups in total. The highest BCUT2D eigenvalue weighted by molar-refractivity contribution is 5.96. The Morgan fingerprint density at radius 1 is 0.338 bits per heavy atom. The first kappa shape index (κ1) is 136. The van der Waals surface area contributed by atoms with Crippen molar-refractivity contribution in [2.24, 2.45) is 103 Å². The molecule has 0 aromatic heterocycles. The van der Waals surface area contributed by atoms with Crippen molar-refractivity contribution in [1.82, 2.24) is 63.8 Å². The number of hydrogen-bond donors (Lipinski definition) is 15. The van der Waals surface area contributed by atoms with Crippen molar-refractivity contribution in [3.63, 3.8) is 0 Å². The van der Waals surface area contributed by atoms with E-state index < -0.39 is 75.4 Å². The second-order valence-electron chi connectivity index (χ2n) is 47.2. The fourth-order valence-electron chi connectivity index (χ4n) is 13.1. The van der Waals surface area contributed by atoms with Gasteiger partial charge in [0.1, 0.15) is 23.0 Å². The van der Waals surface area contributed by atoms with Crippen molar-refractivity contribution in [3.8, 4) is 0 Å². The Morgan fingerprint density at radius 3 is 0.992 bits per heavy atom. The Kier molecular flexibility index (Phi) is 67.0. The molecular formula is C101H197N15O17. The van der Waals surface area contributed by atoms with Crippen LogP contribution in [-0.4, -0.2) is 194 Å². The number of nitrogens with two attached hydrogens (primary N) is 3. The van der Waals surface area contributed by atoms with Crippen LogP contribution in [0.25, 0.3) is 0 Å². The van der Waals surface area contributed by atoms with E-state index in [0.29, 0.717) is 89.4 Å². The van der Waals surface area contributed by atoms with E-state index in [-0.39, 0.29) is 173 Å². The molecule has 0 fully saturated rings. The first-order valence-corrected chi connectivity index (χ1v) is 48.3. The minimum Gasteiger partial charge on any atom is -0.444 e. The monoisotopic (exact) mass is 1890 g/mol. The van der Waals surface area contributed by atoms with E-state index in [2.05, 4.69) is 175 Å². The normalized spacial score (nSPS) is 13.8. The van der Waals surface area contributed by atoms with Crippen LogP contribution in [0.15, 0.2) is 0 Å². The van der Waals surface area contributed by atoms with E-state index in [4.69, 9.17) is 21.9 Å². The van der Waals surface area contributed by atoms with E-state index in [9.17, 15) is 76.7 Å². The molecule has 8 unspecified atom stereocenters. The number of hydrogen-bond acceptors (Lipinski definition) is 20. The van der Waals surface area contributed by atoms with Gasteiger partial charge in [0, 0.05) is 122 Å². The topological polar surface area (TPSA) is 505 Å². The molecule has 32 heteroatoms. The quantitative estimate of drug-likeness (QED) is 0.0252. The molecule has 0 aromatic carbocycles. The molecule has 0 radical (unpaired) electrons. The molecule has 0 bridgehead atoms. The number of ketones is 6. The highest BCUT2D eigenvalue weighted by atomic mass is 16.6. The minimum absolute atomic E-state index is 0.00295. The summed E-state index contributed by atoms with van der Waals surface area (Å²) >= 11 is 0. The summed E-state index contributed by atoms with van der Waals surface area (Å²) in [6.45, 7) is 80.0. The molecule has 12 amide bonds. The van der Waals surface area contributed by atoms with Crippen LogP contribution in [0, 0.1) is 85.8 Å². The lowest BCUT2D eigenvalue weighted by molar-refractivity contribution is -0.135. The van der Waals surface area contributed by atoms with Gasteiger partial charge < -0.3 is 85.7 Å². The van der Waals surface area contributed by atoms with Crippen molar-refractivity contribution >= 4 is 94.2 Å². The Bertz CT molecular complexity index is 3400. The van der Waals surface area contributed by atoms with Gasteiger partial charge in [0.2, 0.25) is 41.4 Å². The zero-order valence-electron chi connectivity index (χ0n) is 90.9. The van der Waals surface area contributed by atoms with Crippen molar-refractivity contribution in [2.45, 2.75) is 408 Å². The summed E-state index contributed by atoms with van der Waals surface area (Å²) in [6, 6.07) is -3.04. The van der Waals surface area contributed by atoms with E-state index in [1.807, 2.05) is 132 Å². The highest BCUT2D eigenvalue weighted by Gasteiger charge is 2.39. The van der Waals surface area contributed by atoms with E-state index >= 15 is 0 Å². The SMILES string of the molecule is CC(=O)NCCCC(CC(=O)C(CC(C)C)NC(C)(C)C)C(=O)C(C)(C)C.CC(=O)NCCCC(CC(=O)C(N)C(C)C)C(=O)C(C)(C)C.CC(C)(C)NCC(=O)NCC(=O)NCC(=O)NCCNC(=O)OC(C)(C)C.CC(C)C.CC(C)C(CC(C)(C)C)C(=O)NC(CCCNC(N)=O)C(=O)C(C)(C)C.CC(C)CC(CC(C)(C)C)C(=O)NC(CCCNC(N)=O)C(=O)C(C)(C)C. The molecule has 8 atom stereocenters. The number of carbonyl (C=O) groups excluding carboxylic acids is 16. The van der Waals surface area contributed by atoms with Crippen LogP contribution in [0.2, 0.25) is 0 Å². The first-order chi connectivity index (χ1) is 59.9. The molecule has 0 spiro atoms. The fraction of sp³-hybridized carbons (Fsp3) is 0.842. The van der Waals surface area contributed by atoms with Gasteiger partial charge in [-0.15, -0.1) is 0 Å². The van der Waals surface area contributed by atoms with Gasteiger partial charge >= 0.3 is 18.2 Å². The maximum absolute atomic E-state index is 13.1. The summed E-state index contributed by atoms with van der Waals surface area (Å²) in [5, 5.41) is 32.8. The van der Waals surface area contributed by atoms with Crippen LogP contribution in [0.5, 0.6) is 0 Å². The number of nitrogens with one attached hydrogen (secondary N) is 12. The average Bonchev–Trinajstić information content (AvgIpc) is 0.703. The van der Waals surface area contributed by atoms with Gasteiger partial charge in [-0.3, -0.25) is 62.3 Å². The lowest BCUT2D eigenvalue weighted by Crippen LogP contribution is -2.49. The van der Waals surface area contributed by atoms with E-state index in [0.717, 1.165) is 31.6 Å². The third-order valence-corrected chi connectivity index (χ3v) is 19.5. The molecule has 0 heterocycles. The number of amides is 12. The largest absolute Gasteiger partial charge is 0.444 e. The van der Waals surface area contributed by atoms with Crippen LogP contribution >= 0.6 is 0 Å². The number of alkyl carbamates (subject to hydrolysis) is 1. The first-order valence-electron chi connectivity index (χ1n) is 48.3. The lowest BCUT2D eigenvalue weighted by Gasteiger charge is -2.31. The average molecular weight is 1890 g/mol.